The average molecular weight is 292 g/mol. The van der Waals surface area contributed by atoms with E-state index in [1.807, 2.05) is 38.1 Å². The summed E-state index contributed by atoms with van der Waals surface area (Å²) < 4.78 is 0. The minimum Gasteiger partial charge on any atom is -0.360 e. The zero-order valence-corrected chi connectivity index (χ0v) is 12.4. The van der Waals surface area contributed by atoms with E-state index in [0.717, 1.165) is 16.8 Å². The Hall–Kier alpha value is -1.99. The van der Waals surface area contributed by atoms with Gasteiger partial charge in [-0.05, 0) is 37.5 Å². The van der Waals surface area contributed by atoms with E-state index in [4.69, 9.17) is 16.9 Å². The Labute approximate surface area is 124 Å². The number of anilines is 1. The Morgan fingerprint density at radius 2 is 2.20 bits per heavy atom. The number of halogens is 1. The number of carbonyl (C=O) groups is 1. The van der Waals surface area contributed by atoms with Gasteiger partial charge in [-0.1, -0.05) is 12.1 Å². The van der Waals surface area contributed by atoms with Gasteiger partial charge < -0.3 is 10.6 Å². The molecule has 0 aromatic heterocycles. The second-order valence-electron chi connectivity index (χ2n) is 4.36. The summed E-state index contributed by atoms with van der Waals surface area (Å²) >= 11 is 5.53. The van der Waals surface area contributed by atoms with Crippen LogP contribution in [0, 0.1) is 25.2 Å². The van der Waals surface area contributed by atoms with Crippen molar-refractivity contribution >= 4 is 23.2 Å². The Balaban J connectivity index is 2.73. The topological polar surface area (TPSA) is 64.9 Å². The maximum absolute atomic E-state index is 11.7. The smallest absolute Gasteiger partial charge is 0.263 e. The summed E-state index contributed by atoms with van der Waals surface area (Å²) in [7, 11) is 0. The highest BCUT2D eigenvalue weighted by Gasteiger charge is 2.08. The van der Waals surface area contributed by atoms with Crippen LogP contribution in [0.2, 0.25) is 0 Å². The highest BCUT2D eigenvalue weighted by atomic mass is 35.5. The maximum Gasteiger partial charge on any atom is 0.263 e. The van der Waals surface area contributed by atoms with Crippen molar-refractivity contribution in [3.63, 3.8) is 0 Å². The fourth-order valence-corrected chi connectivity index (χ4v) is 1.70. The summed E-state index contributed by atoms with van der Waals surface area (Å²) in [6.07, 6.45) is 2.11. The lowest BCUT2D eigenvalue weighted by Crippen LogP contribution is -2.26. The van der Waals surface area contributed by atoms with E-state index in [-0.39, 0.29) is 5.57 Å². The minimum atomic E-state index is -0.393. The molecular weight excluding hydrogens is 274 g/mol. The van der Waals surface area contributed by atoms with Gasteiger partial charge in [0.1, 0.15) is 11.6 Å². The molecule has 0 heterocycles. The predicted molar refractivity (Wildman–Crippen MR) is 81.6 cm³/mol. The van der Waals surface area contributed by atoms with Gasteiger partial charge in [-0.3, -0.25) is 4.79 Å². The lowest BCUT2D eigenvalue weighted by atomic mass is 10.1. The molecule has 1 aromatic rings. The van der Waals surface area contributed by atoms with Crippen molar-refractivity contribution < 1.29 is 4.79 Å². The lowest BCUT2D eigenvalue weighted by molar-refractivity contribution is -0.117. The number of nitriles is 1. The van der Waals surface area contributed by atoms with E-state index in [0.29, 0.717) is 18.8 Å². The third-order valence-electron chi connectivity index (χ3n) is 2.94. The first-order valence-electron chi connectivity index (χ1n) is 6.37. The summed E-state index contributed by atoms with van der Waals surface area (Å²) in [5.41, 5.74) is 3.16. The normalized spacial score (nSPS) is 10.8. The fourth-order valence-electron chi connectivity index (χ4n) is 1.57. The van der Waals surface area contributed by atoms with Crippen LogP contribution >= 0.6 is 11.6 Å². The molecule has 0 saturated heterocycles. The highest BCUT2D eigenvalue weighted by molar-refractivity contribution is 6.17. The summed E-state index contributed by atoms with van der Waals surface area (Å²) in [4.78, 5) is 11.7. The molecule has 1 aromatic carbocycles. The van der Waals surface area contributed by atoms with E-state index in [1.165, 1.54) is 6.20 Å². The molecule has 0 aliphatic rings. The Bertz CT molecular complexity index is 547. The van der Waals surface area contributed by atoms with Crippen molar-refractivity contribution in [2.75, 3.05) is 17.7 Å². The highest BCUT2D eigenvalue weighted by Crippen LogP contribution is 2.18. The molecule has 0 aliphatic heterocycles. The third kappa shape index (κ3) is 4.60. The minimum absolute atomic E-state index is 0.0421. The van der Waals surface area contributed by atoms with Gasteiger partial charge in [0.2, 0.25) is 0 Å². The summed E-state index contributed by atoms with van der Waals surface area (Å²) in [5.74, 6) is 0.0857. The molecule has 0 unspecified atom stereocenters. The van der Waals surface area contributed by atoms with Crippen LogP contribution in [0.4, 0.5) is 5.69 Å². The lowest BCUT2D eigenvalue weighted by Gasteiger charge is -2.08. The van der Waals surface area contributed by atoms with Gasteiger partial charge in [0.25, 0.3) is 5.91 Å². The van der Waals surface area contributed by atoms with E-state index >= 15 is 0 Å². The van der Waals surface area contributed by atoms with Crippen molar-refractivity contribution in [2.24, 2.45) is 0 Å². The van der Waals surface area contributed by atoms with Gasteiger partial charge in [-0.25, -0.2) is 0 Å². The first-order chi connectivity index (χ1) is 9.60. The van der Waals surface area contributed by atoms with Crippen LogP contribution in [-0.2, 0) is 4.79 Å². The van der Waals surface area contributed by atoms with Gasteiger partial charge in [0.05, 0.1) is 0 Å². The molecular formula is C15H18ClN3O. The van der Waals surface area contributed by atoms with E-state index in [1.54, 1.807) is 0 Å². The molecule has 5 heteroatoms. The van der Waals surface area contributed by atoms with Crippen molar-refractivity contribution in [1.82, 2.24) is 5.32 Å². The zero-order chi connectivity index (χ0) is 15.0. The van der Waals surface area contributed by atoms with Crippen LogP contribution in [0.3, 0.4) is 0 Å². The molecule has 0 fully saturated rings. The van der Waals surface area contributed by atoms with Crippen molar-refractivity contribution in [1.29, 1.82) is 5.26 Å². The van der Waals surface area contributed by atoms with Crippen molar-refractivity contribution in [3.05, 3.63) is 41.1 Å². The van der Waals surface area contributed by atoms with E-state index in [9.17, 15) is 4.79 Å². The summed E-state index contributed by atoms with van der Waals surface area (Å²) in [6, 6.07) is 7.72. The zero-order valence-electron chi connectivity index (χ0n) is 11.7. The van der Waals surface area contributed by atoms with Crippen LogP contribution in [-0.4, -0.2) is 18.3 Å². The number of nitrogens with one attached hydrogen (secondary N) is 2. The van der Waals surface area contributed by atoms with Crippen LogP contribution in [0.1, 0.15) is 17.5 Å². The van der Waals surface area contributed by atoms with Crippen LogP contribution < -0.4 is 10.6 Å². The van der Waals surface area contributed by atoms with Crippen LogP contribution in [0.5, 0.6) is 0 Å². The maximum atomic E-state index is 11.7. The summed E-state index contributed by atoms with van der Waals surface area (Å²) in [5, 5.41) is 14.7. The Kier molecular flexibility index (Phi) is 6.61. The molecule has 0 aliphatic carbocycles. The first kappa shape index (κ1) is 16.1. The predicted octanol–water partition coefficient (Wildman–Crippen LogP) is 2.87. The largest absolute Gasteiger partial charge is 0.360 e. The van der Waals surface area contributed by atoms with Gasteiger partial charge in [-0.15, -0.1) is 11.6 Å². The van der Waals surface area contributed by atoms with Crippen molar-refractivity contribution in [3.8, 4) is 6.07 Å². The molecule has 0 atom stereocenters. The molecule has 0 saturated carbocycles. The number of rotatable bonds is 6. The third-order valence-corrected chi connectivity index (χ3v) is 3.20. The summed E-state index contributed by atoms with van der Waals surface area (Å²) in [6.45, 7) is 4.46. The Morgan fingerprint density at radius 3 is 2.85 bits per heavy atom. The quantitative estimate of drug-likeness (QED) is 0.367. The number of carbonyl (C=O) groups excluding carboxylic acids is 1. The molecule has 0 spiro atoms. The second kappa shape index (κ2) is 8.23. The molecule has 0 bridgehead atoms. The average Bonchev–Trinajstić information content (AvgIpc) is 2.44. The monoisotopic (exact) mass is 291 g/mol. The second-order valence-corrected chi connectivity index (χ2v) is 4.74. The number of hydrogen-bond acceptors (Lipinski definition) is 3. The van der Waals surface area contributed by atoms with Crippen molar-refractivity contribution in [2.45, 2.75) is 20.3 Å². The number of benzene rings is 1. The van der Waals surface area contributed by atoms with Gasteiger partial charge in [0, 0.05) is 24.3 Å². The number of aryl methyl sites for hydroxylation is 1. The standard InChI is InChI=1S/C15H18ClN3O/c1-11-5-3-6-14(12(11)2)19-10-13(9-17)15(20)18-8-4-7-16/h3,5-6,10,19H,4,7-8H2,1-2H3,(H,18,20)/b13-10-. The number of hydrogen-bond donors (Lipinski definition) is 2. The molecule has 1 rings (SSSR count). The number of alkyl halides is 1. The van der Waals surface area contributed by atoms with E-state index in [2.05, 4.69) is 10.6 Å². The molecule has 20 heavy (non-hydrogen) atoms. The Morgan fingerprint density at radius 1 is 1.45 bits per heavy atom. The molecule has 1 amide bonds. The van der Waals surface area contributed by atoms with Crippen LogP contribution in [0.25, 0.3) is 0 Å². The van der Waals surface area contributed by atoms with E-state index < -0.39 is 5.91 Å². The SMILES string of the molecule is Cc1cccc(N/C=C(/C#N)C(=O)NCCCCl)c1C. The van der Waals surface area contributed by atoms with Gasteiger partial charge >= 0.3 is 0 Å². The first-order valence-corrected chi connectivity index (χ1v) is 6.90. The molecule has 106 valence electrons. The molecule has 0 radical (unpaired) electrons. The van der Waals surface area contributed by atoms with Crippen LogP contribution in [0.15, 0.2) is 30.0 Å². The number of amides is 1. The number of nitrogens with zero attached hydrogens (tertiary/aromatic N) is 1. The molecule has 4 nitrogen and oxygen atoms in total. The van der Waals surface area contributed by atoms with Gasteiger partial charge in [0.15, 0.2) is 0 Å². The fraction of sp³-hybridized carbons (Fsp3) is 0.333. The molecule has 2 N–H and O–H groups in total. The van der Waals surface area contributed by atoms with Gasteiger partial charge in [-0.2, -0.15) is 5.26 Å².